The molecule has 1 heterocycles. The van der Waals surface area contributed by atoms with Crippen LogP contribution >= 0.6 is 11.6 Å². The van der Waals surface area contributed by atoms with Crippen molar-refractivity contribution in [3.05, 3.63) is 6.07 Å². The van der Waals surface area contributed by atoms with Gasteiger partial charge in [0.2, 0.25) is 17.7 Å². The summed E-state index contributed by atoms with van der Waals surface area (Å²) in [6, 6.07) is 1.64. The maximum absolute atomic E-state index is 5.75. The van der Waals surface area contributed by atoms with Crippen molar-refractivity contribution in [3.8, 4) is 11.8 Å². The van der Waals surface area contributed by atoms with Crippen molar-refractivity contribution in [1.29, 1.82) is 0 Å². The average Bonchev–Trinajstić information content (AvgIpc) is 2.42. The van der Waals surface area contributed by atoms with Gasteiger partial charge in [0.15, 0.2) is 0 Å². The number of aromatic nitrogens is 2. The molecule has 0 fully saturated rings. The second kappa shape index (κ2) is 7.97. The molecule has 0 aliphatic heterocycles. The Hall–Kier alpha value is -1.23. The van der Waals surface area contributed by atoms with Crippen LogP contribution in [0.25, 0.3) is 0 Å². The molecule has 102 valence electrons. The molecule has 0 aliphatic carbocycles. The molecule has 1 rings (SSSR count). The first-order chi connectivity index (χ1) is 8.69. The molecular formula is C12H20ClN3O2. The molecule has 1 atom stereocenters. The Morgan fingerprint density at radius 1 is 1.28 bits per heavy atom. The highest BCUT2D eigenvalue weighted by Crippen LogP contribution is 2.17. The van der Waals surface area contributed by atoms with E-state index in [4.69, 9.17) is 21.1 Å². The van der Waals surface area contributed by atoms with Crippen molar-refractivity contribution >= 4 is 17.5 Å². The van der Waals surface area contributed by atoms with Gasteiger partial charge in [-0.15, -0.1) is 11.6 Å². The zero-order valence-corrected chi connectivity index (χ0v) is 11.8. The fourth-order valence-electron chi connectivity index (χ4n) is 1.42. The smallest absolute Gasteiger partial charge is 0.229 e. The van der Waals surface area contributed by atoms with E-state index in [1.165, 1.54) is 0 Å². The first kappa shape index (κ1) is 14.8. The Balaban J connectivity index is 2.46. The maximum Gasteiger partial charge on any atom is 0.229 e. The molecule has 18 heavy (non-hydrogen) atoms. The predicted octanol–water partition coefficient (Wildman–Crippen LogP) is 2.56. The Kier molecular flexibility index (Phi) is 6.57. The van der Waals surface area contributed by atoms with Crippen molar-refractivity contribution in [2.45, 2.75) is 19.8 Å². The van der Waals surface area contributed by atoms with Crippen molar-refractivity contribution in [1.82, 2.24) is 9.97 Å². The highest BCUT2D eigenvalue weighted by molar-refractivity contribution is 6.18. The molecule has 5 nitrogen and oxygen atoms in total. The SMILES string of the molecule is COc1cc(OC)nc(NCCCC(C)CCl)n1. The van der Waals surface area contributed by atoms with Crippen LogP contribution in [0.4, 0.5) is 5.95 Å². The number of anilines is 1. The molecule has 1 aromatic rings. The van der Waals surface area contributed by atoms with E-state index in [1.807, 2.05) is 0 Å². The average molecular weight is 274 g/mol. The highest BCUT2D eigenvalue weighted by Gasteiger charge is 2.05. The Bertz CT molecular complexity index is 341. The fourth-order valence-corrected chi connectivity index (χ4v) is 1.57. The van der Waals surface area contributed by atoms with Gasteiger partial charge in [-0.25, -0.2) is 0 Å². The van der Waals surface area contributed by atoms with E-state index in [1.54, 1.807) is 20.3 Å². The third-order valence-electron chi connectivity index (χ3n) is 2.52. The van der Waals surface area contributed by atoms with Crippen LogP contribution in [0.2, 0.25) is 0 Å². The number of halogens is 1. The summed E-state index contributed by atoms with van der Waals surface area (Å²) in [7, 11) is 3.13. The van der Waals surface area contributed by atoms with Crippen LogP contribution in [0, 0.1) is 5.92 Å². The topological polar surface area (TPSA) is 56.3 Å². The normalized spacial score (nSPS) is 12.0. The number of rotatable bonds is 8. The minimum atomic E-state index is 0.485. The van der Waals surface area contributed by atoms with Gasteiger partial charge >= 0.3 is 0 Å². The van der Waals surface area contributed by atoms with Crippen molar-refractivity contribution in [2.75, 3.05) is 32.0 Å². The van der Waals surface area contributed by atoms with Crippen molar-refractivity contribution < 1.29 is 9.47 Å². The van der Waals surface area contributed by atoms with Crippen LogP contribution in [0.5, 0.6) is 11.8 Å². The summed E-state index contributed by atoms with van der Waals surface area (Å²) in [4.78, 5) is 8.37. The van der Waals surface area contributed by atoms with Gasteiger partial charge in [0.25, 0.3) is 0 Å². The third kappa shape index (κ3) is 4.96. The zero-order valence-electron chi connectivity index (χ0n) is 11.1. The van der Waals surface area contributed by atoms with E-state index in [9.17, 15) is 0 Å². The Morgan fingerprint density at radius 2 is 1.89 bits per heavy atom. The number of nitrogens with one attached hydrogen (secondary N) is 1. The summed E-state index contributed by atoms with van der Waals surface area (Å²) in [5.41, 5.74) is 0. The predicted molar refractivity (Wildman–Crippen MR) is 72.7 cm³/mol. The number of hydrogen-bond acceptors (Lipinski definition) is 5. The van der Waals surface area contributed by atoms with Gasteiger partial charge in [-0.3, -0.25) is 0 Å². The van der Waals surface area contributed by atoms with Gasteiger partial charge in [-0.2, -0.15) is 9.97 Å². The minimum absolute atomic E-state index is 0.485. The van der Waals surface area contributed by atoms with E-state index in [2.05, 4.69) is 22.2 Å². The quantitative estimate of drug-likeness (QED) is 0.583. The molecule has 1 unspecified atom stereocenters. The van der Waals surface area contributed by atoms with E-state index in [0.29, 0.717) is 29.5 Å². The van der Waals surface area contributed by atoms with E-state index in [0.717, 1.165) is 19.4 Å². The summed E-state index contributed by atoms with van der Waals surface area (Å²) < 4.78 is 10.1. The van der Waals surface area contributed by atoms with E-state index >= 15 is 0 Å². The van der Waals surface area contributed by atoms with Crippen molar-refractivity contribution in [2.24, 2.45) is 5.92 Å². The lowest BCUT2D eigenvalue weighted by molar-refractivity contribution is 0.372. The van der Waals surface area contributed by atoms with Gasteiger partial charge in [-0.05, 0) is 18.8 Å². The van der Waals surface area contributed by atoms with Gasteiger partial charge in [0.05, 0.1) is 20.3 Å². The molecule has 0 saturated carbocycles. The fraction of sp³-hybridized carbons (Fsp3) is 0.667. The lowest BCUT2D eigenvalue weighted by Gasteiger charge is -2.09. The number of hydrogen-bond donors (Lipinski definition) is 1. The largest absolute Gasteiger partial charge is 0.481 e. The van der Waals surface area contributed by atoms with Crippen LogP contribution < -0.4 is 14.8 Å². The molecule has 6 heteroatoms. The van der Waals surface area contributed by atoms with Gasteiger partial charge < -0.3 is 14.8 Å². The molecule has 0 radical (unpaired) electrons. The van der Waals surface area contributed by atoms with Crippen LogP contribution in [-0.2, 0) is 0 Å². The molecule has 0 spiro atoms. The molecule has 0 amide bonds. The highest BCUT2D eigenvalue weighted by atomic mass is 35.5. The van der Waals surface area contributed by atoms with Crippen LogP contribution in [0.15, 0.2) is 6.07 Å². The number of nitrogens with zero attached hydrogens (tertiary/aromatic N) is 2. The van der Waals surface area contributed by atoms with Crippen LogP contribution in [0.3, 0.4) is 0 Å². The summed E-state index contributed by atoms with van der Waals surface area (Å²) in [5.74, 6) is 2.72. The van der Waals surface area contributed by atoms with Crippen LogP contribution in [0.1, 0.15) is 19.8 Å². The van der Waals surface area contributed by atoms with E-state index < -0.39 is 0 Å². The molecule has 0 bridgehead atoms. The zero-order chi connectivity index (χ0) is 13.4. The molecule has 1 N–H and O–H groups in total. The first-order valence-corrected chi connectivity index (χ1v) is 6.50. The molecular weight excluding hydrogens is 254 g/mol. The second-order valence-electron chi connectivity index (χ2n) is 4.10. The minimum Gasteiger partial charge on any atom is -0.481 e. The van der Waals surface area contributed by atoms with Gasteiger partial charge in [0.1, 0.15) is 0 Å². The molecule has 1 aromatic heterocycles. The maximum atomic E-state index is 5.75. The summed E-state index contributed by atoms with van der Waals surface area (Å²) in [6.07, 6.45) is 2.11. The monoisotopic (exact) mass is 273 g/mol. The van der Waals surface area contributed by atoms with Gasteiger partial charge in [-0.1, -0.05) is 6.92 Å². The lowest BCUT2D eigenvalue weighted by Crippen LogP contribution is -2.08. The standard InChI is InChI=1S/C12H20ClN3O2/c1-9(8-13)5-4-6-14-12-15-10(17-2)7-11(16-12)18-3/h7,9H,4-6,8H2,1-3H3,(H,14,15,16). The number of alkyl halides is 1. The molecule has 0 saturated heterocycles. The second-order valence-corrected chi connectivity index (χ2v) is 4.41. The third-order valence-corrected chi connectivity index (χ3v) is 3.04. The lowest BCUT2D eigenvalue weighted by atomic mass is 10.1. The molecule has 0 aromatic carbocycles. The summed E-state index contributed by atoms with van der Waals surface area (Å²) in [6.45, 7) is 2.94. The van der Waals surface area contributed by atoms with Crippen LogP contribution in [-0.4, -0.2) is 36.6 Å². The van der Waals surface area contributed by atoms with E-state index in [-0.39, 0.29) is 0 Å². The number of methoxy groups -OCH3 is 2. The van der Waals surface area contributed by atoms with Crippen molar-refractivity contribution in [3.63, 3.8) is 0 Å². The van der Waals surface area contributed by atoms with Gasteiger partial charge in [0, 0.05) is 12.4 Å². The molecule has 0 aliphatic rings. The number of ether oxygens (including phenoxy) is 2. The summed E-state index contributed by atoms with van der Waals surface area (Å²) in [5, 5.41) is 3.15. The Labute approximate surface area is 113 Å². The first-order valence-electron chi connectivity index (χ1n) is 5.96. The Morgan fingerprint density at radius 3 is 2.39 bits per heavy atom. The summed E-state index contributed by atoms with van der Waals surface area (Å²) >= 11 is 5.75.